The quantitative estimate of drug-likeness (QED) is 0.321. The molecule has 1 aromatic heterocycles. The third-order valence-corrected chi connectivity index (χ3v) is 2.99. The third kappa shape index (κ3) is 3.79. The van der Waals surface area contributed by atoms with Gasteiger partial charge in [0.15, 0.2) is 5.78 Å². The second-order valence-corrected chi connectivity index (χ2v) is 4.67. The van der Waals surface area contributed by atoms with Crippen LogP contribution in [0, 0.1) is 0 Å². The SMILES string of the molecule is Nc1ccc(Cc2c[nH]c(C(=O)CC(=O)C(=O)O)c2)cc1. The molecular weight excluding hydrogens is 272 g/mol. The van der Waals surface area contributed by atoms with Crippen LogP contribution < -0.4 is 5.73 Å². The van der Waals surface area contributed by atoms with Crippen molar-refractivity contribution in [3.8, 4) is 0 Å². The zero-order valence-electron chi connectivity index (χ0n) is 11.1. The van der Waals surface area contributed by atoms with Gasteiger partial charge in [-0.25, -0.2) is 4.79 Å². The first-order chi connectivity index (χ1) is 9.95. The number of benzene rings is 1. The van der Waals surface area contributed by atoms with Crippen LogP contribution in [0.5, 0.6) is 0 Å². The number of carbonyl (C=O) groups is 3. The molecule has 108 valence electrons. The minimum absolute atomic E-state index is 0.232. The van der Waals surface area contributed by atoms with Gasteiger partial charge in [0, 0.05) is 11.9 Å². The molecule has 0 unspecified atom stereocenters. The van der Waals surface area contributed by atoms with Crippen LogP contribution in [0.2, 0.25) is 0 Å². The molecule has 2 aromatic rings. The van der Waals surface area contributed by atoms with Crippen molar-refractivity contribution in [2.75, 3.05) is 5.73 Å². The molecule has 0 radical (unpaired) electrons. The maximum atomic E-state index is 11.7. The molecule has 0 saturated carbocycles. The lowest BCUT2D eigenvalue weighted by molar-refractivity contribution is -0.148. The van der Waals surface area contributed by atoms with Crippen molar-refractivity contribution in [2.24, 2.45) is 0 Å². The van der Waals surface area contributed by atoms with Crippen molar-refractivity contribution in [3.05, 3.63) is 53.3 Å². The molecular formula is C15H14N2O4. The Morgan fingerprint density at radius 2 is 1.76 bits per heavy atom. The first kappa shape index (κ1) is 14.5. The van der Waals surface area contributed by atoms with Crippen LogP contribution in [0.1, 0.15) is 28.0 Å². The zero-order valence-corrected chi connectivity index (χ0v) is 11.1. The Hall–Kier alpha value is -2.89. The van der Waals surface area contributed by atoms with E-state index < -0.39 is 24.0 Å². The molecule has 0 spiro atoms. The number of Topliss-reactive ketones (excluding diaryl/α,β-unsaturated/α-hetero) is 2. The number of H-pyrrole nitrogens is 1. The highest BCUT2D eigenvalue weighted by atomic mass is 16.4. The van der Waals surface area contributed by atoms with Gasteiger partial charge in [0.2, 0.25) is 5.78 Å². The third-order valence-electron chi connectivity index (χ3n) is 2.99. The van der Waals surface area contributed by atoms with Crippen LogP contribution in [0.3, 0.4) is 0 Å². The standard InChI is InChI=1S/C15H14N2O4/c16-11-3-1-9(2-4-11)5-10-6-12(17-8-10)13(18)7-14(19)15(20)21/h1-4,6,8,17H,5,7,16H2,(H,20,21). The van der Waals surface area contributed by atoms with Crippen molar-refractivity contribution < 1.29 is 19.5 Å². The van der Waals surface area contributed by atoms with Crippen molar-refractivity contribution in [3.63, 3.8) is 0 Å². The van der Waals surface area contributed by atoms with Crippen LogP contribution >= 0.6 is 0 Å². The minimum atomic E-state index is -1.60. The number of carboxylic acids is 1. The normalized spacial score (nSPS) is 10.3. The second kappa shape index (κ2) is 6.04. The predicted molar refractivity (Wildman–Crippen MR) is 76.0 cm³/mol. The first-order valence-corrected chi connectivity index (χ1v) is 6.26. The number of carboxylic acid groups (broad SMARTS) is 1. The molecule has 0 bridgehead atoms. The number of hydrogen-bond acceptors (Lipinski definition) is 4. The van der Waals surface area contributed by atoms with Crippen molar-refractivity contribution in [2.45, 2.75) is 12.8 Å². The Balaban J connectivity index is 2.04. The molecule has 6 heteroatoms. The molecule has 4 N–H and O–H groups in total. The average Bonchev–Trinajstić information content (AvgIpc) is 2.90. The molecule has 0 saturated heterocycles. The van der Waals surface area contributed by atoms with E-state index in [0.717, 1.165) is 11.1 Å². The van der Waals surface area contributed by atoms with E-state index in [-0.39, 0.29) is 5.69 Å². The van der Waals surface area contributed by atoms with Crippen LogP contribution in [-0.4, -0.2) is 27.6 Å². The van der Waals surface area contributed by atoms with Gasteiger partial charge in [-0.3, -0.25) is 9.59 Å². The molecule has 0 fully saturated rings. The minimum Gasteiger partial charge on any atom is -0.475 e. The van der Waals surface area contributed by atoms with Crippen molar-refractivity contribution >= 4 is 23.2 Å². The number of aromatic nitrogens is 1. The molecule has 0 aliphatic rings. The summed E-state index contributed by atoms with van der Waals surface area (Å²) in [5, 5.41) is 8.48. The summed E-state index contributed by atoms with van der Waals surface area (Å²) in [6, 6.07) is 8.97. The van der Waals surface area contributed by atoms with E-state index in [1.807, 2.05) is 12.1 Å². The molecule has 21 heavy (non-hydrogen) atoms. The Morgan fingerprint density at radius 3 is 2.38 bits per heavy atom. The lowest BCUT2D eigenvalue weighted by Gasteiger charge is -1.99. The number of aromatic amines is 1. The molecule has 2 rings (SSSR count). The predicted octanol–water partition coefficient (Wildman–Crippen LogP) is 1.41. The summed E-state index contributed by atoms with van der Waals surface area (Å²) >= 11 is 0. The average molecular weight is 286 g/mol. The Morgan fingerprint density at radius 1 is 1.10 bits per heavy atom. The monoisotopic (exact) mass is 286 g/mol. The lowest BCUT2D eigenvalue weighted by atomic mass is 10.1. The van der Waals surface area contributed by atoms with Gasteiger partial charge in [0.1, 0.15) is 0 Å². The van der Waals surface area contributed by atoms with Gasteiger partial charge >= 0.3 is 5.97 Å². The summed E-state index contributed by atoms with van der Waals surface area (Å²) in [6.45, 7) is 0. The van der Waals surface area contributed by atoms with E-state index in [2.05, 4.69) is 4.98 Å². The number of rotatable bonds is 6. The fraction of sp³-hybridized carbons (Fsp3) is 0.133. The number of nitrogens with one attached hydrogen (secondary N) is 1. The molecule has 1 heterocycles. The smallest absolute Gasteiger partial charge is 0.372 e. The Bertz CT molecular complexity index is 686. The molecule has 0 aliphatic carbocycles. The van der Waals surface area contributed by atoms with E-state index in [4.69, 9.17) is 10.8 Å². The maximum Gasteiger partial charge on any atom is 0.372 e. The van der Waals surface area contributed by atoms with Gasteiger partial charge in [0.05, 0.1) is 12.1 Å². The number of anilines is 1. The Kier molecular flexibility index (Phi) is 4.18. The fourth-order valence-electron chi connectivity index (χ4n) is 1.89. The van der Waals surface area contributed by atoms with E-state index in [1.54, 1.807) is 24.4 Å². The van der Waals surface area contributed by atoms with Gasteiger partial charge in [-0.05, 0) is 35.7 Å². The number of carbonyl (C=O) groups excluding carboxylic acids is 2. The number of nitrogens with two attached hydrogens (primary N) is 1. The van der Waals surface area contributed by atoms with E-state index in [1.165, 1.54) is 0 Å². The van der Waals surface area contributed by atoms with Crippen LogP contribution in [-0.2, 0) is 16.0 Å². The maximum absolute atomic E-state index is 11.7. The van der Waals surface area contributed by atoms with E-state index >= 15 is 0 Å². The number of ketones is 2. The summed E-state index contributed by atoms with van der Waals surface area (Å²) in [5.74, 6) is -3.25. The number of nitrogen functional groups attached to an aromatic ring is 1. The van der Waals surface area contributed by atoms with Gasteiger partial charge in [0.25, 0.3) is 0 Å². The number of aliphatic carboxylic acids is 1. The topological polar surface area (TPSA) is 113 Å². The Labute approximate surface area is 120 Å². The molecule has 1 aromatic carbocycles. The summed E-state index contributed by atoms with van der Waals surface area (Å²) in [5.41, 5.74) is 8.41. The van der Waals surface area contributed by atoms with Crippen LogP contribution in [0.4, 0.5) is 5.69 Å². The summed E-state index contributed by atoms with van der Waals surface area (Å²) in [4.78, 5) is 35.9. The van der Waals surface area contributed by atoms with Gasteiger partial charge in [-0.15, -0.1) is 0 Å². The lowest BCUT2D eigenvalue weighted by Crippen LogP contribution is -2.17. The number of hydrogen-bond donors (Lipinski definition) is 3. The van der Waals surface area contributed by atoms with Crippen LogP contribution in [0.15, 0.2) is 36.5 Å². The van der Waals surface area contributed by atoms with Crippen molar-refractivity contribution in [1.29, 1.82) is 0 Å². The first-order valence-electron chi connectivity index (χ1n) is 6.26. The largest absolute Gasteiger partial charge is 0.475 e. The molecule has 0 atom stereocenters. The zero-order chi connectivity index (χ0) is 15.4. The molecule has 6 nitrogen and oxygen atoms in total. The van der Waals surface area contributed by atoms with Gasteiger partial charge < -0.3 is 15.8 Å². The van der Waals surface area contributed by atoms with Crippen LogP contribution in [0.25, 0.3) is 0 Å². The molecule has 0 aliphatic heterocycles. The summed E-state index contributed by atoms with van der Waals surface area (Å²) in [6.07, 6.45) is 1.63. The van der Waals surface area contributed by atoms with Gasteiger partial charge in [-0.1, -0.05) is 12.1 Å². The highest BCUT2D eigenvalue weighted by molar-refractivity contribution is 6.37. The highest BCUT2D eigenvalue weighted by Crippen LogP contribution is 2.13. The van der Waals surface area contributed by atoms with Gasteiger partial charge in [-0.2, -0.15) is 0 Å². The van der Waals surface area contributed by atoms with E-state index in [0.29, 0.717) is 12.1 Å². The summed E-state index contributed by atoms with van der Waals surface area (Å²) in [7, 11) is 0. The second-order valence-electron chi connectivity index (χ2n) is 4.67. The molecule has 0 amide bonds. The summed E-state index contributed by atoms with van der Waals surface area (Å²) < 4.78 is 0. The fourth-order valence-corrected chi connectivity index (χ4v) is 1.89. The highest BCUT2D eigenvalue weighted by Gasteiger charge is 2.18. The van der Waals surface area contributed by atoms with E-state index in [9.17, 15) is 14.4 Å². The van der Waals surface area contributed by atoms with Crippen molar-refractivity contribution in [1.82, 2.24) is 4.98 Å².